The third-order valence-electron chi connectivity index (χ3n) is 4.72. The largest absolute Gasteiger partial charge is 0.467 e. The molecule has 2 aliphatic rings. The van der Waals surface area contributed by atoms with Crippen molar-refractivity contribution in [1.82, 2.24) is 4.90 Å². The van der Waals surface area contributed by atoms with Crippen molar-refractivity contribution in [3.8, 4) is 0 Å². The lowest BCUT2D eigenvalue weighted by atomic mass is 9.86. The fourth-order valence-electron chi connectivity index (χ4n) is 3.52. The molecule has 1 amide bonds. The molecule has 1 unspecified atom stereocenters. The fourth-order valence-corrected chi connectivity index (χ4v) is 3.66. The number of hydrogen-bond acceptors (Lipinski definition) is 4. The number of alkyl halides is 3. The number of rotatable bonds is 4. The summed E-state index contributed by atoms with van der Waals surface area (Å²) in [4.78, 5) is 26.2. The number of carbonyl (C=O) groups excluding carboxylic acids is 2. The van der Waals surface area contributed by atoms with Crippen LogP contribution in [0.25, 0.3) is 0 Å². The summed E-state index contributed by atoms with van der Waals surface area (Å²) in [6.45, 7) is 4.83. The Bertz CT molecular complexity index is 537. The monoisotopic (exact) mass is 367 g/mol. The number of methoxy groups -OCH3 is 1. The van der Waals surface area contributed by atoms with Crippen molar-refractivity contribution in [3.63, 3.8) is 0 Å². The van der Waals surface area contributed by atoms with Crippen molar-refractivity contribution in [1.29, 1.82) is 0 Å². The molecule has 0 bridgehead atoms. The Balaban J connectivity index is 2.38. The van der Waals surface area contributed by atoms with E-state index in [4.69, 9.17) is 21.1 Å². The minimum absolute atomic E-state index is 0.129. The van der Waals surface area contributed by atoms with Gasteiger partial charge in [0.25, 0.3) is 5.92 Å². The highest BCUT2D eigenvalue weighted by Crippen LogP contribution is 2.68. The van der Waals surface area contributed by atoms with Crippen LogP contribution in [0.15, 0.2) is 0 Å². The van der Waals surface area contributed by atoms with E-state index >= 15 is 0 Å². The number of amides is 1. The van der Waals surface area contributed by atoms with Gasteiger partial charge in [-0.2, -0.15) is 0 Å². The van der Waals surface area contributed by atoms with E-state index in [0.29, 0.717) is 6.42 Å². The lowest BCUT2D eigenvalue weighted by Gasteiger charge is -2.36. The summed E-state index contributed by atoms with van der Waals surface area (Å²) in [6.07, 6.45) is -0.672. The van der Waals surface area contributed by atoms with Crippen LogP contribution in [-0.2, 0) is 14.3 Å². The zero-order valence-corrected chi connectivity index (χ0v) is 15.2. The summed E-state index contributed by atoms with van der Waals surface area (Å²) >= 11 is 5.73. The molecule has 138 valence electrons. The minimum Gasteiger partial charge on any atom is -0.467 e. The molecule has 0 N–H and O–H groups in total. The first-order valence-corrected chi connectivity index (χ1v) is 8.49. The van der Waals surface area contributed by atoms with E-state index in [-0.39, 0.29) is 31.7 Å². The van der Waals surface area contributed by atoms with Crippen molar-refractivity contribution in [2.75, 3.05) is 19.5 Å². The number of halogens is 3. The van der Waals surface area contributed by atoms with Crippen LogP contribution in [0.4, 0.5) is 13.6 Å². The molecule has 2 rings (SSSR count). The molecule has 2 fully saturated rings. The highest BCUT2D eigenvalue weighted by atomic mass is 35.5. The van der Waals surface area contributed by atoms with Gasteiger partial charge in [-0.3, -0.25) is 4.90 Å². The first-order chi connectivity index (χ1) is 10.9. The van der Waals surface area contributed by atoms with Gasteiger partial charge in [0.15, 0.2) is 0 Å². The van der Waals surface area contributed by atoms with Crippen LogP contribution in [-0.4, -0.2) is 53.6 Å². The number of likely N-dealkylation sites (tertiary alicyclic amines) is 1. The van der Waals surface area contributed by atoms with Crippen molar-refractivity contribution >= 4 is 23.7 Å². The summed E-state index contributed by atoms with van der Waals surface area (Å²) in [5.41, 5.74) is -3.62. The second kappa shape index (κ2) is 6.00. The maximum atomic E-state index is 13.9. The number of hydrogen-bond donors (Lipinski definition) is 0. The molecule has 0 radical (unpaired) electrons. The Hall–Kier alpha value is -1.11. The molecule has 1 saturated heterocycles. The van der Waals surface area contributed by atoms with Crippen molar-refractivity contribution in [2.45, 2.75) is 63.5 Å². The maximum absolute atomic E-state index is 13.9. The predicted molar refractivity (Wildman–Crippen MR) is 84.3 cm³/mol. The first kappa shape index (κ1) is 19.2. The molecule has 2 atom stereocenters. The van der Waals surface area contributed by atoms with Gasteiger partial charge in [0.2, 0.25) is 0 Å². The number of ether oxygens (including phenoxy) is 2. The highest BCUT2D eigenvalue weighted by molar-refractivity contribution is 6.17. The molecular weight excluding hydrogens is 344 g/mol. The van der Waals surface area contributed by atoms with Gasteiger partial charge in [-0.1, -0.05) is 0 Å². The van der Waals surface area contributed by atoms with E-state index in [0.717, 1.165) is 4.90 Å². The van der Waals surface area contributed by atoms with Gasteiger partial charge in [0.1, 0.15) is 11.1 Å². The first-order valence-electron chi connectivity index (χ1n) is 7.96. The smallest absolute Gasteiger partial charge is 0.411 e. The van der Waals surface area contributed by atoms with Crippen LogP contribution in [0.5, 0.6) is 0 Å². The van der Waals surface area contributed by atoms with Crippen molar-refractivity contribution in [3.05, 3.63) is 0 Å². The maximum Gasteiger partial charge on any atom is 0.411 e. The fraction of sp³-hybridized carbons (Fsp3) is 0.875. The van der Waals surface area contributed by atoms with E-state index in [9.17, 15) is 18.4 Å². The van der Waals surface area contributed by atoms with Gasteiger partial charge in [-0.25, -0.2) is 18.4 Å². The van der Waals surface area contributed by atoms with Gasteiger partial charge in [-0.05, 0) is 40.0 Å². The summed E-state index contributed by atoms with van der Waals surface area (Å²) in [5, 5.41) is 0. The molecule has 0 aromatic carbocycles. The van der Waals surface area contributed by atoms with Gasteiger partial charge in [0, 0.05) is 18.8 Å². The zero-order chi connectivity index (χ0) is 18.4. The number of nitrogens with zero attached hydrogens (tertiary/aromatic N) is 1. The van der Waals surface area contributed by atoms with Crippen molar-refractivity contribution in [2.24, 2.45) is 5.41 Å². The molecule has 5 nitrogen and oxygen atoms in total. The van der Waals surface area contributed by atoms with E-state index in [1.165, 1.54) is 7.11 Å². The number of carbonyl (C=O) groups is 2. The normalized spacial score (nSPS) is 31.2. The highest BCUT2D eigenvalue weighted by Gasteiger charge is 2.79. The molecule has 0 aromatic heterocycles. The SMILES string of the molecule is COC(=O)C1(CCCCl)C[C@@]2(CN1C(=O)OC(C)(C)C)CC2(F)F. The molecule has 1 aliphatic heterocycles. The second-order valence-electron chi connectivity index (χ2n) is 7.72. The van der Waals surface area contributed by atoms with Gasteiger partial charge < -0.3 is 9.47 Å². The Kier molecular flexibility index (Phi) is 4.81. The topological polar surface area (TPSA) is 55.8 Å². The third-order valence-corrected chi connectivity index (χ3v) is 4.99. The molecule has 1 saturated carbocycles. The Morgan fingerprint density at radius 3 is 2.25 bits per heavy atom. The van der Waals surface area contributed by atoms with Crippen LogP contribution in [0, 0.1) is 5.41 Å². The zero-order valence-electron chi connectivity index (χ0n) is 14.5. The average molecular weight is 368 g/mol. The van der Waals surface area contributed by atoms with E-state index in [1.807, 2.05) is 0 Å². The van der Waals surface area contributed by atoms with Gasteiger partial charge in [-0.15, -0.1) is 11.6 Å². The summed E-state index contributed by atoms with van der Waals surface area (Å²) in [7, 11) is 1.19. The number of esters is 1. The minimum atomic E-state index is -2.88. The Morgan fingerprint density at radius 2 is 1.83 bits per heavy atom. The van der Waals surface area contributed by atoms with Crippen LogP contribution >= 0.6 is 11.6 Å². The third kappa shape index (κ3) is 3.19. The van der Waals surface area contributed by atoms with Gasteiger partial charge >= 0.3 is 12.1 Å². The molecule has 1 aliphatic carbocycles. The molecule has 8 heteroatoms. The standard InChI is InChI=1S/C16H24ClF2NO4/c1-13(2,3)24-12(22)20-10-14(9-16(14,18)19)8-15(20,6-5-7-17)11(21)23-4/h5-10H2,1-4H3/t14-,15?/m0/s1. The Labute approximate surface area is 145 Å². The molecule has 1 heterocycles. The van der Waals surface area contributed by atoms with E-state index < -0.39 is 34.5 Å². The van der Waals surface area contributed by atoms with Crippen LogP contribution in [0.2, 0.25) is 0 Å². The van der Waals surface area contributed by atoms with Gasteiger partial charge in [0.05, 0.1) is 12.5 Å². The summed E-state index contributed by atoms with van der Waals surface area (Å²) < 4.78 is 38.1. The van der Waals surface area contributed by atoms with Crippen LogP contribution in [0.1, 0.15) is 46.5 Å². The quantitative estimate of drug-likeness (QED) is 0.563. The molecule has 1 spiro atoms. The van der Waals surface area contributed by atoms with Crippen molar-refractivity contribution < 1.29 is 27.8 Å². The Morgan fingerprint density at radius 1 is 1.25 bits per heavy atom. The summed E-state index contributed by atoms with van der Waals surface area (Å²) in [6, 6.07) is 0. The van der Waals surface area contributed by atoms with E-state index in [1.54, 1.807) is 20.8 Å². The molecule has 0 aromatic rings. The predicted octanol–water partition coefficient (Wildman–Crippen LogP) is 3.58. The average Bonchev–Trinajstić information content (AvgIpc) is 2.81. The van der Waals surface area contributed by atoms with Crippen LogP contribution in [0.3, 0.4) is 0 Å². The molecule has 24 heavy (non-hydrogen) atoms. The lowest BCUT2D eigenvalue weighted by Crippen LogP contribution is -2.54. The van der Waals surface area contributed by atoms with Crippen LogP contribution < -0.4 is 0 Å². The van der Waals surface area contributed by atoms with E-state index in [2.05, 4.69) is 0 Å². The molecular formula is C16H24ClF2NO4. The second-order valence-corrected chi connectivity index (χ2v) is 8.10. The summed E-state index contributed by atoms with van der Waals surface area (Å²) in [5.74, 6) is -3.33. The lowest BCUT2D eigenvalue weighted by molar-refractivity contribution is -0.153.